The van der Waals surface area contributed by atoms with Crippen molar-refractivity contribution in [2.24, 2.45) is 0 Å². The van der Waals surface area contributed by atoms with Crippen molar-refractivity contribution in [2.45, 2.75) is 6.92 Å². The molecule has 6 heteroatoms. The van der Waals surface area contributed by atoms with Gasteiger partial charge in [-0.2, -0.15) is 0 Å². The van der Waals surface area contributed by atoms with E-state index in [1.165, 1.54) is 37.3 Å². The van der Waals surface area contributed by atoms with Crippen LogP contribution in [0.4, 0.5) is 0 Å². The fourth-order valence-corrected chi connectivity index (χ4v) is 1.23. The third-order valence-electron chi connectivity index (χ3n) is 2.01. The number of aliphatic carboxylic acids is 1. The molecule has 0 heterocycles. The van der Waals surface area contributed by atoms with Crippen molar-refractivity contribution in [1.82, 2.24) is 5.32 Å². The molecule has 3 N–H and O–H groups in total. The van der Waals surface area contributed by atoms with E-state index in [2.05, 4.69) is 5.32 Å². The minimum absolute atomic E-state index is 0.101. The molecule has 0 saturated heterocycles. The van der Waals surface area contributed by atoms with E-state index in [9.17, 15) is 14.4 Å². The lowest BCUT2D eigenvalue weighted by molar-refractivity contribution is -0.134. The van der Waals surface area contributed by atoms with Crippen LogP contribution in [0.5, 0.6) is 0 Å². The number of carboxylic acid groups (broad SMARTS) is 2. The Morgan fingerprint density at radius 3 is 2.06 bits per heavy atom. The first-order valence-corrected chi connectivity index (χ1v) is 4.96. The van der Waals surface area contributed by atoms with Crippen LogP contribution in [-0.2, 0) is 9.59 Å². The van der Waals surface area contributed by atoms with Gasteiger partial charge in [0.25, 0.3) is 0 Å². The van der Waals surface area contributed by atoms with Crippen LogP contribution in [0.15, 0.2) is 30.0 Å². The van der Waals surface area contributed by atoms with Crippen molar-refractivity contribution in [3.8, 4) is 0 Å². The molecule has 0 unspecified atom stereocenters. The molecule has 0 aromatic heterocycles. The number of amides is 1. The Labute approximate surface area is 103 Å². The standard InChI is InChI=1S/C12H11NO5/c1-7(14)13-10(12(17)18)6-8-2-4-9(5-3-8)11(15)16/h2-6H,1H3,(H,13,14)(H,15,16)(H,17,18)/b10-6+. The first-order valence-electron chi connectivity index (χ1n) is 4.96. The Morgan fingerprint density at radius 1 is 1.11 bits per heavy atom. The number of carboxylic acids is 2. The number of carbonyl (C=O) groups excluding carboxylic acids is 1. The van der Waals surface area contributed by atoms with Crippen LogP contribution in [0.3, 0.4) is 0 Å². The van der Waals surface area contributed by atoms with Crippen molar-refractivity contribution in [1.29, 1.82) is 0 Å². The molecule has 0 fully saturated rings. The molecule has 0 aliphatic rings. The van der Waals surface area contributed by atoms with Crippen LogP contribution >= 0.6 is 0 Å². The first-order chi connectivity index (χ1) is 8.40. The summed E-state index contributed by atoms with van der Waals surface area (Å²) in [7, 11) is 0. The van der Waals surface area contributed by atoms with Gasteiger partial charge in [0.1, 0.15) is 5.70 Å². The lowest BCUT2D eigenvalue weighted by Crippen LogP contribution is -2.24. The molecule has 0 saturated carbocycles. The molecule has 94 valence electrons. The van der Waals surface area contributed by atoms with Crippen LogP contribution in [0, 0.1) is 0 Å². The van der Waals surface area contributed by atoms with Gasteiger partial charge in [0, 0.05) is 6.92 Å². The number of carbonyl (C=O) groups is 3. The van der Waals surface area contributed by atoms with Crippen molar-refractivity contribution >= 4 is 23.9 Å². The molecule has 0 spiro atoms. The second kappa shape index (κ2) is 5.62. The summed E-state index contributed by atoms with van der Waals surface area (Å²) in [5.41, 5.74) is 0.306. The van der Waals surface area contributed by atoms with E-state index < -0.39 is 17.8 Å². The van der Waals surface area contributed by atoms with E-state index >= 15 is 0 Å². The molecule has 0 atom stereocenters. The minimum atomic E-state index is -1.27. The molecule has 18 heavy (non-hydrogen) atoms. The molecule has 6 nitrogen and oxygen atoms in total. The van der Waals surface area contributed by atoms with Crippen LogP contribution < -0.4 is 5.32 Å². The zero-order valence-electron chi connectivity index (χ0n) is 9.51. The summed E-state index contributed by atoms with van der Waals surface area (Å²) in [5, 5.41) is 19.7. The maximum Gasteiger partial charge on any atom is 0.352 e. The quantitative estimate of drug-likeness (QED) is 0.689. The predicted octanol–water partition coefficient (Wildman–Crippen LogP) is 0.946. The lowest BCUT2D eigenvalue weighted by Gasteiger charge is -2.03. The Morgan fingerprint density at radius 2 is 1.67 bits per heavy atom. The van der Waals surface area contributed by atoms with Gasteiger partial charge >= 0.3 is 11.9 Å². The Hall–Kier alpha value is -2.63. The average Bonchev–Trinajstić information content (AvgIpc) is 2.28. The minimum Gasteiger partial charge on any atom is -0.478 e. The van der Waals surface area contributed by atoms with Gasteiger partial charge in [-0.3, -0.25) is 4.79 Å². The van der Waals surface area contributed by atoms with Gasteiger partial charge in [-0.25, -0.2) is 9.59 Å². The zero-order chi connectivity index (χ0) is 13.7. The highest BCUT2D eigenvalue weighted by Crippen LogP contribution is 2.08. The van der Waals surface area contributed by atoms with Gasteiger partial charge in [-0.05, 0) is 23.8 Å². The highest BCUT2D eigenvalue weighted by atomic mass is 16.4. The first kappa shape index (κ1) is 13.4. The smallest absolute Gasteiger partial charge is 0.352 e. The Balaban J connectivity index is 3.01. The third kappa shape index (κ3) is 3.75. The number of benzene rings is 1. The fourth-order valence-electron chi connectivity index (χ4n) is 1.23. The molecule has 0 aliphatic heterocycles. The summed E-state index contributed by atoms with van der Waals surface area (Å²) in [4.78, 5) is 32.3. The largest absolute Gasteiger partial charge is 0.478 e. The van der Waals surface area contributed by atoms with E-state index in [0.717, 1.165) is 0 Å². The summed E-state index contributed by atoms with van der Waals surface area (Å²) in [6.45, 7) is 1.20. The van der Waals surface area contributed by atoms with Gasteiger partial charge in [0.15, 0.2) is 0 Å². The molecular formula is C12H11NO5. The molecule has 1 aromatic rings. The summed E-state index contributed by atoms with van der Waals surface area (Å²) in [6, 6.07) is 5.60. The molecule has 1 amide bonds. The van der Waals surface area contributed by atoms with Crippen molar-refractivity contribution < 1.29 is 24.6 Å². The maximum absolute atomic E-state index is 10.8. The summed E-state index contributed by atoms with van der Waals surface area (Å²) in [5.74, 6) is -2.83. The van der Waals surface area contributed by atoms with Crippen molar-refractivity contribution in [2.75, 3.05) is 0 Å². The van der Waals surface area contributed by atoms with Crippen LogP contribution in [0.25, 0.3) is 6.08 Å². The molecule has 0 bridgehead atoms. The Kier molecular flexibility index (Phi) is 4.20. The van der Waals surface area contributed by atoms with Gasteiger partial charge in [0.05, 0.1) is 5.56 Å². The highest BCUT2D eigenvalue weighted by molar-refractivity contribution is 5.96. The number of aromatic carboxylic acids is 1. The van der Waals surface area contributed by atoms with Gasteiger partial charge < -0.3 is 15.5 Å². The van der Waals surface area contributed by atoms with E-state index in [-0.39, 0.29) is 11.3 Å². The zero-order valence-corrected chi connectivity index (χ0v) is 9.51. The number of rotatable bonds is 4. The second-order valence-electron chi connectivity index (χ2n) is 3.47. The lowest BCUT2D eigenvalue weighted by atomic mass is 10.1. The van der Waals surface area contributed by atoms with Crippen molar-refractivity contribution in [3.63, 3.8) is 0 Å². The summed E-state index contributed by atoms with van der Waals surface area (Å²) >= 11 is 0. The molecule has 1 rings (SSSR count). The molecular weight excluding hydrogens is 238 g/mol. The molecule has 0 aliphatic carbocycles. The predicted molar refractivity (Wildman–Crippen MR) is 62.8 cm³/mol. The monoisotopic (exact) mass is 249 g/mol. The molecule has 1 aromatic carbocycles. The normalized spacial score (nSPS) is 10.8. The number of nitrogens with one attached hydrogen (secondary N) is 1. The van der Waals surface area contributed by atoms with Gasteiger partial charge in [-0.15, -0.1) is 0 Å². The summed E-state index contributed by atoms with van der Waals surface area (Å²) < 4.78 is 0. The van der Waals surface area contributed by atoms with Gasteiger partial charge in [-0.1, -0.05) is 12.1 Å². The van der Waals surface area contributed by atoms with E-state index in [0.29, 0.717) is 5.56 Å². The summed E-state index contributed by atoms with van der Waals surface area (Å²) in [6.07, 6.45) is 1.25. The maximum atomic E-state index is 10.8. The van der Waals surface area contributed by atoms with E-state index in [4.69, 9.17) is 10.2 Å². The highest BCUT2D eigenvalue weighted by Gasteiger charge is 2.09. The topological polar surface area (TPSA) is 104 Å². The van der Waals surface area contributed by atoms with Crippen LogP contribution in [0.2, 0.25) is 0 Å². The average molecular weight is 249 g/mol. The number of hydrogen-bond donors (Lipinski definition) is 3. The third-order valence-corrected chi connectivity index (χ3v) is 2.01. The van der Waals surface area contributed by atoms with Crippen LogP contribution in [-0.4, -0.2) is 28.1 Å². The SMILES string of the molecule is CC(=O)N/C(=C/c1ccc(C(=O)O)cc1)C(=O)O. The van der Waals surface area contributed by atoms with E-state index in [1.54, 1.807) is 0 Å². The van der Waals surface area contributed by atoms with Crippen molar-refractivity contribution in [3.05, 3.63) is 41.1 Å². The fraction of sp³-hybridized carbons (Fsp3) is 0.0833. The van der Waals surface area contributed by atoms with E-state index in [1.807, 2.05) is 0 Å². The molecule has 0 radical (unpaired) electrons. The Bertz CT molecular complexity index is 516. The second-order valence-corrected chi connectivity index (χ2v) is 3.47. The van der Waals surface area contributed by atoms with Crippen LogP contribution in [0.1, 0.15) is 22.8 Å². The number of hydrogen-bond acceptors (Lipinski definition) is 3. The van der Waals surface area contributed by atoms with Gasteiger partial charge in [0.2, 0.25) is 5.91 Å².